The predicted molar refractivity (Wildman–Crippen MR) is 113 cm³/mol. The Morgan fingerprint density at radius 3 is 2.61 bits per heavy atom. The van der Waals surface area contributed by atoms with E-state index in [1.165, 1.54) is 5.56 Å². The first-order valence-corrected chi connectivity index (χ1v) is 9.96. The summed E-state index contributed by atoms with van der Waals surface area (Å²) < 4.78 is 0. The Balaban J connectivity index is 1.73. The van der Waals surface area contributed by atoms with Crippen molar-refractivity contribution in [2.75, 3.05) is 26.9 Å². The zero-order chi connectivity index (χ0) is 19.5. The van der Waals surface area contributed by atoms with Crippen molar-refractivity contribution in [3.63, 3.8) is 0 Å². The maximum Gasteiger partial charge on any atom is 0.152 e. The van der Waals surface area contributed by atoms with Gasteiger partial charge in [0, 0.05) is 43.5 Å². The molecule has 4 rings (SSSR count). The summed E-state index contributed by atoms with van der Waals surface area (Å²) in [6.45, 7) is 2.52. The van der Waals surface area contributed by atoms with Crippen molar-refractivity contribution in [1.29, 1.82) is 0 Å². The second-order valence-electron chi connectivity index (χ2n) is 7.20. The van der Waals surface area contributed by atoms with E-state index < -0.39 is 0 Å². The molecule has 2 aromatic carbocycles. The minimum atomic E-state index is -0.157. The number of nitrogens with zero attached hydrogens (tertiary/aromatic N) is 4. The van der Waals surface area contributed by atoms with Crippen molar-refractivity contribution in [1.82, 2.24) is 14.7 Å². The molecular weight excluding hydrogens is 372 g/mol. The minimum absolute atomic E-state index is 0.157. The van der Waals surface area contributed by atoms with Gasteiger partial charge in [0.15, 0.2) is 12.0 Å². The van der Waals surface area contributed by atoms with Gasteiger partial charge in [0.25, 0.3) is 0 Å². The van der Waals surface area contributed by atoms with Gasteiger partial charge in [0.05, 0.1) is 12.4 Å². The van der Waals surface area contributed by atoms with E-state index in [0.29, 0.717) is 0 Å². The second kappa shape index (κ2) is 8.25. The molecule has 0 fully saturated rings. The molecule has 0 radical (unpaired) electrons. The van der Waals surface area contributed by atoms with Crippen LogP contribution in [-0.4, -0.2) is 52.5 Å². The van der Waals surface area contributed by atoms with Crippen LogP contribution >= 0.6 is 11.6 Å². The first-order chi connectivity index (χ1) is 13.7. The summed E-state index contributed by atoms with van der Waals surface area (Å²) in [7, 11) is 2.06. The maximum atomic E-state index is 9.21. The SMILES string of the molecule is CN1CN(CCCO)C=C2C1=NC(c1ccccc1Cl)N2Cc1ccccc1. The highest BCUT2D eigenvalue weighted by atomic mass is 35.5. The van der Waals surface area contributed by atoms with E-state index in [0.717, 1.165) is 48.3 Å². The molecule has 0 aliphatic carbocycles. The highest BCUT2D eigenvalue weighted by molar-refractivity contribution is 6.31. The minimum Gasteiger partial charge on any atom is -0.396 e. The van der Waals surface area contributed by atoms with Crippen molar-refractivity contribution in [3.05, 3.63) is 82.6 Å². The number of fused-ring (bicyclic) bond motifs is 1. The van der Waals surface area contributed by atoms with Gasteiger partial charge in [-0.25, -0.2) is 4.99 Å². The third-order valence-corrected chi connectivity index (χ3v) is 5.47. The molecule has 0 aromatic heterocycles. The molecule has 0 bridgehead atoms. The van der Waals surface area contributed by atoms with Gasteiger partial charge < -0.3 is 19.8 Å². The highest BCUT2D eigenvalue weighted by Gasteiger charge is 2.37. The van der Waals surface area contributed by atoms with Crippen molar-refractivity contribution in [2.45, 2.75) is 19.1 Å². The number of aliphatic hydroxyl groups excluding tert-OH is 1. The molecule has 0 spiro atoms. The van der Waals surface area contributed by atoms with Crippen LogP contribution in [0.3, 0.4) is 0 Å². The molecule has 28 heavy (non-hydrogen) atoms. The summed E-state index contributed by atoms with van der Waals surface area (Å²) in [5.74, 6) is 0.987. The maximum absolute atomic E-state index is 9.21. The first kappa shape index (κ1) is 18.8. The third kappa shape index (κ3) is 3.73. The van der Waals surface area contributed by atoms with Crippen LogP contribution in [0.2, 0.25) is 5.02 Å². The summed E-state index contributed by atoms with van der Waals surface area (Å²) in [6, 6.07) is 18.4. The largest absolute Gasteiger partial charge is 0.396 e. The van der Waals surface area contributed by atoms with E-state index in [-0.39, 0.29) is 12.8 Å². The molecule has 146 valence electrons. The van der Waals surface area contributed by atoms with Crippen LogP contribution in [-0.2, 0) is 6.54 Å². The van der Waals surface area contributed by atoms with E-state index in [4.69, 9.17) is 16.6 Å². The predicted octanol–water partition coefficient (Wildman–Crippen LogP) is 3.68. The highest BCUT2D eigenvalue weighted by Crippen LogP contribution is 2.39. The van der Waals surface area contributed by atoms with Crippen molar-refractivity contribution in [2.24, 2.45) is 4.99 Å². The Kier molecular flexibility index (Phi) is 5.55. The van der Waals surface area contributed by atoms with Gasteiger partial charge in [-0.3, -0.25) is 0 Å². The number of hydrogen-bond donors (Lipinski definition) is 1. The zero-order valence-electron chi connectivity index (χ0n) is 16.0. The van der Waals surface area contributed by atoms with Crippen LogP contribution in [0.15, 0.2) is 71.5 Å². The van der Waals surface area contributed by atoms with Gasteiger partial charge in [0.2, 0.25) is 0 Å². The van der Waals surface area contributed by atoms with Crippen LogP contribution in [0.25, 0.3) is 0 Å². The van der Waals surface area contributed by atoms with Crippen LogP contribution in [0.4, 0.5) is 0 Å². The zero-order valence-corrected chi connectivity index (χ0v) is 16.8. The molecule has 2 aliphatic heterocycles. The van der Waals surface area contributed by atoms with E-state index in [9.17, 15) is 5.11 Å². The lowest BCUT2D eigenvalue weighted by Crippen LogP contribution is -2.44. The molecule has 1 atom stereocenters. The number of halogens is 1. The van der Waals surface area contributed by atoms with Crippen LogP contribution in [0, 0.1) is 0 Å². The molecule has 0 saturated heterocycles. The Labute approximate surface area is 171 Å². The lowest BCUT2D eigenvalue weighted by atomic mass is 10.1. The Hall–Kier alpha value is -2.50. The molecule has 1 N–H and O–H groups in total. The van der Waals surface area contributed by atoms with Crippen molar-refractivity contribution in [3.8, 4) is 0 Å². The Morgan fingerprint density at radius 2 is 1.86 bits per heavy atom. The number of hydrogen-bond acceptors (Lipinski definition) is 5. The summed E-state index contributed by atoms with van der Waals surface area (Å²) >= 11 is 6.54. The van der Waals surface area contributed by atoms with E-state index in [2.05, 4.69) is 58.3 Å². The molecule has 1 unspecified atom stereocenters. The van der Waals surface area contributed by atoms with Crippen LogP contribution in [0.1, 0.15) is 23.7 Å². The van der Waals surface area contributed by atoms with Gasteiger partial charge in [-0.15, -0.1) is 0 Å². The van der Waals surface area contributed by atoms with Crippen molar-refractivity contribution >= 4 is 17.4 Å². The monoisotopic (exact) mass is 396 g/mol. The number of likely N-dealkylation sites (N-methyl/N-ethyl adjacent to an activating group) is 1. The quantitative estimate of drug-likeness (QED) is 0.808. The lowest BCUT2D eigenvalue weighted by molar-refractivity contribution is 0.212. The summed E-state index contributed by atoms with van der Waals surface area (Å²) in [4.78, 5) is 11.8. The number of amidine groups is 1. The molecule has 6 heteroatoms. The fourth-order valence-electron chi connectivity index (χ4n) is 3.77. The summed E-state index contributed by atoms with van der Waals surface area (Å²) in [6.07, 6.45) is 2.76. The molecule has 5 nitrogen and oxygen atoms in total. The average Bonchev–Trinajstić information content (AvgIpc) is 3.06. The Bertz CT molecular complexity index is 883. The number of benzene rings is 2. The molecular formula is C22H25ClN4O. The molecule has 2 aliphatic rings. The third-order valence-electron chi connectivity index (χ3n) is 5.12. The van der Waals surface area contributed by atoms with Gasteiger partial charge in [-0.2, -0.15) is 0 Å². The normalized spacial score (nSPS) is 18.8. The smallest absolute Gasteiger partial charge is 0.152 e. The molecule has 2 heterocycles. The van der Waals surface area contributed by atoms with Gasteiger partial charge >= 0.3 is 0 Å². The van der Waals surface area contributed by atoms with E-state index in [1.807, 2.05) is 24.3 Å². The fourth-order valence-corrected chi connectivity index (χ4v) is 4.01. The summed E-state index contributed by atoms with van der Waals surface area (Å²) in [5.41, 5.74) is 3.34. The second-order valence-corrected chi connectivity index (χ2v) is 7.61. The lowest BCUT2D eigenvalue weighted by Gasteiger charge is -2.36. The van der Waals surface area contributed by atoms with E-state index >= 15 is 0 Å². The summed E-state index contributed by atoms with van der Waals surface area (Å²) in [5, 5.41) is 9.94. The number of aliphatic imine (C=N–C) groups is 1. The first-order valence-electron chi connectivity index (χ1n) is 9.58. The molecule has 0 saturated carbocycles. The Morgan fingerprint density at radius 1 is 1.11 bits per heavy atom. The van der Waals surface area contributed by atoms with Gasteiger partial charge in [-0.1, -0.05) is 60.1 Å². The van der Waals surface area contributed by atoms with Crippen LogP contribution < -0.4 is 0 Å². The van der Waals surface area contributed by atoms with Gasteiger partial charge in [0.1, 0.15) is 0 Å². The van der Waals surface area contributed by atoms with Gasteiger partial charge in [-0.05, 0) is 18.1 Å². The van der Waals surface area contributed by atoms with Crippen molar-refractivity contribution < 1.29 is 5.11 Å². The number of rotatable bonds is 6. The molecule has 0 amide bonds. The number of aliphatic hydroxyl groups is 1. The van der Waals surface area contributed by atoms with Crippen LogP contribution in [0.5, 0.6) is 0 Å². The standard InChI is InChI=1S/C22H25ClN4O/c1-25-16-26(12-7-13-28)15-20-22(25)24-21(18-10-5-6-11-19(18)23)27(20)14-17-8-3-2-4-9-17/h2-6,8-11,15,21,28H,7,12-14,16H2,1H3. The molecule has 2 aromatic rings. The fraction of sp³-hybridized carbons (Fsp3) is 0.318. The average molecular weight is 397 g/mol. The van der Waals surface area contributed by atoms with E-state index in [1.54, 1.807) is 0 Å². The topological polar surface area (TPSA) is 42.3 Å².